The minimum atomic E-state index is -0.657. The monoisotopic (exact) mass is 489 g/mol. The molecular weight excluding hydrogens is 461 g/mol. The summed E-state index contributed by atoms with van der Waals surface area (Å²) >= 11 is 6.03. The second-order valence-electron chi connectivity index (χ2n) is 8.13. The van der Waals surface area contributed by atoms with Crippen molar-refractivity contribution in [3.63, 3.8) is 0 Å². The van der Waals surface area contributed by atoms with E-state index >= 15 is 0 Å². The zero-order valence-electron chi connectivity index (χ0n) is 18.9. The lowest BCUT2D eigenvalue weighted by Gasteiger charge is -2.26. The molecule has 0 spiro atoms. The van der Waals surface area contributed by atoms with E-state index in [0.717, 1.165) is 26.1 Å². The number of ether oxygens (including phenoxy) is 1. The molecule has 182 valence electrons. The maximum absolute atomic E-state index is 14.1. The van der Waals surface area contributed by atoms with Crippen LogP contribution < -0.4 is 10.6 Å². The van der Waals surface area contributed by atoms with E-state index in [-0.39, 0.29) is 30.8 Å². The molecule has 3 rings (SSSR count). The molecule has 9 heteroatoms. The van der Waals surface area contributed by atoms with E-state index in [4.69, 9.17) is 16.3 Å². The zero-order valence-corrected chi connectivity index (χ0v) is 19.7. The van der Waals surface area contributed by atoms with Crippen LogP contribution in [0.5, 0.6) is 0 Å². The largest absolute Gasteiger partial charge is 0.450 e. The van der Waals surface area contributed by atoms with Crippen molar-refractivity contribution in [2.75, 3.05) is 32.8 Å². The summed E-state index contributed by atoms with van der Waals surface area (Å²) < 4.78 is 19.2. The molecule has 1 saturated heterocycles. The van der Waals surface area contributed by atoms with Crippen molar-refractivity contribution in [3.05, 3.63) is 70.0 Å². The van der Waals surface area contributed by atoms with Gasteiger partial charge in [0.1, 0.15) is 12.4 Å². The third kappa shape index (κ3) is 7.81. The first kappa shape index (κ1) is 25.6. The number of alkyl carbamates (subject to hydrolysis) is 1. The minimum Gasteiger partial charge on any atom is -0.450 e. The van der Waals surface area contributed by atoms with Gasteiger partial charge in [-0.15, -0.1) is 0 Å². The van der Waals surface area contributed by atoms with Gasteiger partial charge in [0.25, 0.3) is 0 Å². The number of rotatable bonds is 10. The molecule has 0 unspecified atom stereocenters. The van der Waals surface area contributed by atoms with Gasteiger partial charge in [0.2, 0.25) is 5.91 Å². The number of halogens is 2. The quantitative estimate of drug-likeness (QED) is 0.390. The molecule has 2 aromatic rings. The second kappa shape index (κ2) is 13.1. The van der Waals surface area contributed by atoms with Gasteiger partial charge >= 0.3 is 6.09 Å². The highest BCUT2D eigenvalue weighted by atomic mass is 35.5. The number of carbonyl (C=O) groups is 3. The number of nitrogens with zero attached hydrogens (tertiary/aromatic N) is 1. The number of nitrogens with one attached hydrogen (secondary N) is 2. The smallest absolute Gasteiger partial charge is 0.407 e. The zero-order chi connectivity index (χ0) is 24.3. The van der Waals surface area contributed by atoms with E-state index in [9.17, 15) is 18.8 Å². The summed E-state index contributed by atoms with van der Waals surface area (Å²) in [5, 5.41) is 5.37. The Labute approximate surface area is 203 Å². The molecule has 0 bridgehead atoms. The Hall–Kier alpha value is -2.97. The molecule has 2 N–H and O–H groups in total. The van der Waals surface area contributed by atoms with Crippen molar-refractivity contribution in [1.29, 1.82) is 0 Å². The Kier molecular flexibility index (Phi) is 9.85. The molecule has 0 atom stereocenters. The van der Waals surface area contributed by atoms with Crippen LogP contribution in [-0.2, 0) is 16.1 Å². The Balaban J connectivity index is 1.43. The molecule has 0 radical (unpaired) electrons. The average molecular weight is 490 g/mol. The maximum Gasteiger partial charge on any atom is 0.407 e. The Morgan fingerprint density at radius 3 is 2.53 bits per heavy atom. The molecule has 34 heavy (non-hydrogen) atoms. The van der Waals surface area contributed by atoms with Crippen molar-refractivity contribution in [2.24, 2.45) is 0 Å². The van der Waals surface area contributed by atoms with Crippen LogP contribution in [0.1, 0.15) is 47.2 Å². The first-order valence-corrected chi connectivity index (χ1v) is 11.8. The molecule has 1 aliphatic heterocycles. The van der Waals surface area contributed by atoms with Gasteiger partial charge in [-0.05, 0) is 62.2 Å². The fraction of sp³-hybridized carbons (Fsp3) is 0.400. The molecule has 1 heterocycles. The highest BCUT2D eigenvalue weighted by Gasteiger charge is 2.18. The van der Waals surface area contributed by atoms with E-state index in [0.29, 0.717) is 10.6 Å². The molecular formula is C25H29ClFN3O4. The van der Waals surface area contributed by atoms with Gasteiger partial charge in [-0.2, -0.15) is 0 Å². The van der Waals surface area contributed by atoms with Crippen molar-refractivity contribution in [1.82, 2.24) is 15.5 Å². The number of amides is 2. The van der Waals surface area contributed by atoms with Crippen LogP contribution in [0.4, 0.5) is 9.18 Å². The number of benzene rings is 2. The third-order valence-electron chi connectivity index (χ3n) is 5.60. The van der Waals surface area contributed by atoms with E-state index in [2.05, 4.69) is 15.5 Å². The van der Waals surface area contributed by atoms with Crippen molar-refractivity contribution < 1.29 is 23.5 Å². The van der Waals surface area contributed by atoms with Gasteiger partial charge in [0.15, 0.2) is 5.78 Å². The minimum absolute atomic E-state index is 0.0120. The maximum atomic E-state index is 14.1. The summed E-state index contributed by atoms with van der Waals surface area (Å²) in [7, 11) is 0. The fourth-order valence-corrected chi connectivity index (χ4v) is 3.97. The molecule has 0 aromatic heterocycles. The summed E-state index contributed by atoms with van der Waals surface area (Å²) in [5.41, 5.74) is 0.590. The van der Waals surface area contributed by atoms with Gasteiger partial charge in [-0.25, -0.2) is 9.18 Å². The molecule has 2 aromatic carbocycles. The Bertz CT molecular complexity index is 1010. The Morgan fingerprint density at radius 1 is 1.00 bits per heavy atom. The molecule has 0 aliphatic carbocycles. The van der Waals surface area contributed by atoms with Gasteiger partial charge < -0.3 is 20.3 Å². The molecule has 1 fully saturated rings. The topological polar surface area (TPSA) is 87.7 Å². The van der Waals surface area contributed by atoms with Crippen LogP contribution in [0.15, 0.2) is 42.5 Å². The first-order valence-electron chi connectivity index (χ1n) is 11.4. The van der Waals surface area contributed by atoms with Gasteiger partial charge in [-0.3, -0.25) is 9.59 Å². The fourth-order valence-electron chi connectivity index (χ4n) is 3.80. The summed E-state index contributed by atoms with van der Waals surface area (Å²) in [6, 6.07) is 10.3. The molecule has 2 amide bonds. The van der Waals surface area contributed by atoms with Crippen LogP contribution in [0, 0.1) is 5.82 Å². The van der Waals surface area contributed by atoms with Crippen LogP contribution in [0.25, 0.3) is 0 Å². The van der Waals surface area contributed by atoms with E-state index in [1.54, 1.807) is 18.2 Å². The number of likely N-dealkylation sites (tertiary alicyclic amines) is 1. The van der Waals surface area contributed by atoms with E-state index in [1.807, 2.05) is 0 Å². The number of carbonyl (C=O) groups excluding carboxylic acids is 3. The summed E-state index contributed by atoms with van der Waals surface area (Å²) in [4.78, 5) is 39.2. The predicted molar refractivity (Wildman–Crippen MR) is 127 cm³/mol. The van der Waals surface area contributed by atoms with Crippen LogP contribution >= 0.6 is 11.6 Å². The molecule has 1 aliphatic rings. The molecule has 0 saturated carbocycles. The lowest BCUT2D eigenvalue weighted by atomic mass is 9.98. The van der Waals surface area contributed by atoms with Crippen LogP contribution in [-0.4, -0.2) is 55.5 Å². The number of ketones is 1. The molecule has 7 nitrogen and oxygen atoms in total. The van der Waals surface area contributed by atoms with Crippen molar-refractivity contribution in [2.45, 2.75) is 32.2 Å². The SMILES string of the molecule is O=C(CNC(=O)OCCCN1CCCCC1)NCc1ccc(Cl)cc1C(=O)c1ccccc1F. The third-order valence-corrected chi connectivity index (χ3v) is 5.84. The Morgan fingerprint density at radius 2 is 1.76 bits per heavy atom. The standard InChI is InChI=1S/C25H29ClFN3O4/c26-19-10-9-18(21(15-19)24(32)20-7-2-3-8-22(20)27)16-28-23(31)17-29-25(33)34-14-6-13-30-11-4-1-5-12-30/h2-3,7-10,15H,1,4-6,11-14,16-17H2,(H,28,31)(H,29,33). The lowest BCUT2D eigenvalue weighted by molar-refractivity contribution is -0.120. The normalized spacial score (nSPS) is 13.8. The highest BCUT2D eigenvalue weighted by molar-refractivity contribution is 6.31. The predicted octanol–water partition coefficient (Wildman–Crippen LogP) is 3.93. The average Bonchev–Trinajstić information content (AvgIpc) is 2.85. The highest BCUT2D eigenvalue weighted by Crippen LogP contribution is 2.21. The van der Waals surface area contributed by atoms with Crippen LogP contribution in [0.3, 0.4) is 0 Å². The number of hydrogen-bond donors (Lipinski definition) is 2. The lowest BCUT2D eigenvalue weighted by Crippen LogP contribution is -2.37. The van der Waals surface area contributed by atoms with Gasteiger partial charge in [0, 0.05) is 23.7 Å². The van der Waals surface area contributed by atoms with E-state index < -0.39 is 23.6 Å². The van der Waals surface area contributed by atoms with Crippen molar-refractivity contribution >= 4 is 29.4 Å². The number of hydrogen-bond acceptors (Lipinski definition) is 5. The number of piperidine rings is 1. The summed E-state index contributed by atoms with van der Waals surface area (Å²) in [6.07, 6.45) is 3.79. The van der Waals surface area contributed by atoms with Crippen molar-refractivity contribution in [3.8, 4) is 0 Å². The summed E-state index contributed by atoms with van der Waals surface area (Å²) in [6.45, 7) is 3.10. The van der Waals surface area contributed by atoms with Gasteiger partial charge in [-0.1, -0.05) is 36.2 Å². The second-order valence-corrected chi connectivity index (χ2v) is 8.57. The van der Waals surface area contributed by atoms with Gasteiger partial charge in [0.05, 0.1) is 12.2 Å². The summed E-state index contributed by atoms with van der Waals surface area (Å²) in [5.74, 6) is -1.62. The van der Waals surface area contributed by atoms with Crippen LogP contribution in [0.2, 0.25) is 5.02 Å². The van der Waals surface area contributed by atoms with E-state index in [1.165, 1.54) is 43.5 Å². The first-order chi connectivity index (χ1) is 16.4.